The molecule has 2 amide bonds. The Hall–Kier alpha value is -3.49. The number of carbonyl (C=O) groups is 2. The fraction of sp³-hybridized carbons (Fsp3) is 0.370. The minimum Gasteiger partial charge on any atom is -0.461 e. The summed E-state index contributed by atoms with van der Waals surface area (Å²) >= 11 is 0. The van der Waals surface area contributed by atoms with Crippen LogP contribution >= 0.6 is 0 Å². The number of anilines is 1. The third kappa shape index (κ3) is 6.35. The van der Waals surface area contributed by atoms with Crippen molar-refractivity contribution in [2.45, 2.75) is 45.3 Å². The van der Waals surface area contributed by atoms with E-state index in [2.05, 4.69) is 15.6 Å². The van der Waals surface area contributed by atoms with Gasteiger partial charge in [0.25, 0.3) is 0 Å². The van der Waals surface area contributed by atoms with Crippen molar-refractivity contribution in [3.8, 4) is 0 Å². The summed E-state index contributed by atoms with van der Waals surface area (Å²) in [6.45, 7) is 4.17. The number of aliphatic hydroxyl groups excluding tert-OH is 1. The van der Waals surface area contributed by atoms with Crippen LogP contribution in [0.5, 0.6) is 0 Å². The molecule has 5 rings (SSSR count). The predicted molar refractivity (Wildman–Crippen MR) is 136 cm³/mol. The van der Waals surface area contributed by atoms with Crippen molar-refractivity contribution >= 4 is 34.7 Å². The van der Waals surface area contributed by atoms with Crippen LogP contribution in [-0.2, 0) is 22.6 Å². The Morgan fingerprint density at radius 1 is 1.31 bits per heavy atom. The summed E-state index contributed by atoms with van der Waals surface area (Å²) in [5.41, 5.74) is 3.69. The van der Waals surface area contributed by atoms with Crippen molar-refractivity contribution < 1.29 is 19.1 Å². The largest absolute Gasteiger partial charge is 0.461 e. The highest BCUT2D eigenvalue weighted by molar-refractivity contribution is 5.93. The van der Waals surface area contributed by atoms with Crippen molar-refractivity contribution in [1.29, 1.82) is 0 Å². The summed E-state index contributed by atoms with van der Waals surface area (Å²) in [6, 6.07) is 9.82. The van der Waals surface area contributed by atoms with E-state index < -0.39 is 0 Å². The lowest BCUT2D eigenvalue weighted by molar-refractivity contribution is -0.125. The van der Waals surface area contributed by atoms with Crippen molar-refractivity contribution in [3.05, 3.63) is 65.1 Å². The zero-order valence-corrected chi connectivity index (χ0v) is 20.2. The van der Waals surface area contributed by atoms with Crippen LogP contribution in [0.1, 0.15) is 41.7 Å². The first-order valence-corrected chi connectivity index (χ1v) is 12.0. The Balaban J connectivity index is 0.000000421. The average molecular weight is 477 g/mol. The number of aryl methyl sites for hydroxylation is 2. The second kappa shape index (κ2) is 11.3. The van der Waals surface area contributed by atoms with Crippen LogP contribution in [0.15, 0.2) is 47.0 Å². The van der Waals surface area contributed by atoms with Crippen LogP contribution in [0.4, 0.5) is 5.82 Å². The lowest BCUT2D eigenvalue weighted by Crippen LogP contribution is -2.24. The first kappa shape index (κ1) is 24.6. The van der Waals surface area contributed by atoms with Crippen molar-refractivity contribution in [3.63, 3.8) is 0 Å². The Labute approximate surface area is 205 Å². The quantitative estimate of drug-likeness (QED) is 0.498. The van der Waals surface area contributed by atoms with E-state index in [-0.39, 0.29) is 17.9 Å². The Bertz CT molecular complexity index is 1230. The summed E-state index contributed by atoms with van der Waals surface area (Å²) in [5, 5.41) is 15.5. The molecule has 1 atom stereocenters. The molecule has 1 saturated heterocycles. The van der Waals surface area contributed by atoms with E-state index in [4.69, 9.17) is 9.52 Å². The van der Waals surface area contributed by atoms with Gasteiger partial charge in [0.1, 0.15) is 17.2 Å². The molecule has 0 aliphatic carbocycles. The molecular formula is C27H32N4O4. The molecule has 2 aromatic heterocycles. The lowest BCUT2D eigenvalue weighted by atomic mass is 10.1. The smallest absolute Gasteiger partial charge is 0.246 e. The monoisotopic (exact) mass is 476 g/mol. The van der Waals surface area contributed by atoms with E-state index in [1.807, 2.05) is 37.3 Å². The standard InChI is InChI=1S/C23H23N3O3.C4H9NO/c1-15-19(18-7-3-4-8-20(18)29-15)14-26(2)22(28)11-10-16-12-17-6-5-9-21(27)25-23(17)24-13-16;6-4-1-2-5-3-4/h3-4,7-8,10-13H,5-6,9,14H2,1-2H3,(H,24,25,27);4-6H,1-3H2/b11-10+;. The maximum atomic E-state index is 12.6. The molecule has 3 aromatic rings. The number of pyridine rings is 1. The molecule has 8 nitrogen and oxygen atoms in total. The van der Waals surface area contributed by atoms with E-state index in [1.165, 1.54) is 0 Å². The van der Waals surface area contributed by atoms with Gasteiger partial charge in [-0.2, -0.15) is 0 Å². The Morgan fingerprint density at radius 3 is 2.89 bits per heavy atom. The van der Waals surface area contributed by atoms with Crippen LogP contribution in [0.25, 0.3) is 17.0 Å². The molecule has 0 saturated carbocycles. The zero-order chi connectivity index (χ0) is 24.8. The van der Waals surface area contributed by atoms with Gasteiger partial charge in [-0.15, -0.1) is 0 Å². The van der Waals surface area contributed by atoms with Crippen molar-refractivity contribution in [2.75, 3.05) is 25.5 Å². The number of rotatable bonds is 4. The van der Waals surface area contributed by atoms with Crippen molar-refractivity contribution in [2.24, 2.45) is 0 Å². The molecule has 1 unspecified atom stereocenters. The number of aromatic nitrogens is 1. The fourth-order valence-electron chi connectivity index (χ4n) is 4.22. The first-order valence-electron chi connectivity index (χ1n) is 12.0. The number of para-hydroxylation sites is 1. The van der Waals surface area contributed by atoms with Gasteiger partial charge >= 0.3 is 0 Å². The minimum atomic E-state index is -0.0991. The Morgan fingerprint density at radius 2 is 2.14 bits per heavy atom. The number of amides is 2. The molecule has 3 N–H and O–H groups in total. The second-order valence-corrected chi connectivity index (χ2v) is 8.99. The third-order valence-electron chi connectivity index (χ3n) is 6.22. The highest BCUT2D eigenvalue weighted by atomic mass is 16.3. The molecule has 8 heteroatoms. The second-order valence-electron chi connectivity index (χ2n) is 8.99. The fourth-order valence-corrected chi connectivity index (χ4v) is 4.22. The minimum absolute atomic E-state index is 0.00147. The molecular weight excluding hydrogens is 444 g/mol. The van der Waals surface area contributed by atoms with E-state index in [9.17, 15) is 9.59 Å². The highest BCUT2D eigenvalue weighted by Gasteiger charge is 2.16. The number of nitrogens with one attached hydrogen (secondary N) is 2. The maximum Gasteiger partial charge on any atom is 0.246 e. The number of hydrogen-bond acceptors (Lipinski definition) is 6. The van der Waals surface area contributed by atoms with Gasteiger partial charge < -0.3 is 25.1 Å². The maximum absolute atomic E-state index is 12.6. The van der Waals surface area contributed by atoms with Gasteiger partial charge in [-0.25, -0.2) is 4.98 Å². The van der Waals surface area contributed by atoms with Gasteiger partial charge in [0.15, 0.2) is 0 Å². The van der Waals surface area contributed by atoms with Gasteiger partial charge in [-0.05, 0) is 62.1 Å². The van der Waals surface area contributed by atoms with Crippen LogP contribution in [0.2, 0.25) is 0 Å². The van der Waals surface area contributed by atoms with E-state index in [0.717, 1.165) is 65.8 Å². The molecule has 0 bridgehead atoms. The van der Waals surface area contributed by atoms with Gasteiger partial charge in [-0.3, -0.25) is 9.59 Å². The van der Waals surface area contributed by atoms with Crippen LogP contribution < -0.4 is 10.6 Å². The van der Waals surface area contributed by atoms with E-state index >= 15 is 0 Å². The number of benzene rings is 1. The highest BCUT2D eigenvalue weighted by Crippen LogP contribution is 2.26. The average Bonchev–Trinajstić information content (AvgIpc) is 3.39. The summed E-state index contributed by atoms with van der Waals surface area (Å²) in [7, 11) is 1.78. The lowest BCUT2D eigenvalue weighted by Gasteiger charge is -2.15. The predicted octanol–water partition coefficient (Wildman–Crippen LogP) is 3.42. The molecule has 1 aromatic carbocycles. The molecule has 2 aliphatic heterocycles. The van der Waals surface area contributed by atoms with Gasteiger partial charge in [0, 0.05) is 49.8 Å². The number of hydrogen-bond donors (Lipinski definition) is 3. The van der Waals surface area contributed by atoms with Gasteiger partial charge in [0.05, 0.1) is 6.10 Å². The first-order chi connectivity index (χ1) is 16.9. The molecule has 0 radical (unpaired) electrons. The van der Waals surface area contributed by atoms with E-state index in [1.54, 1.807) is 30.3 Å². The number of furan rings is 1. The molecule has 35 heavy (non-hydrogen) atoms. The SMILES string of the molecule is Cc1oc2ccccc2c1CN(C)C(=O)/C=C/c1cnc2c(c1)CCCC(=O)N2.OC1CCNC1. The normalized spacial score (nSPS) is 17.5. The van der Waals surface area contributed by atoms with E-state index in [0.29, 0.717) is 18.8 Å². The van der Waals surface area contributed by atoms with Gasteiger partial charge in [0.2, 0.25) is 11.8 Å². The summed E-state index contributed by atoms with van der Waals surface area (Å²) < 4.78 is 5.79. The van der Waals surface area contributed by atoms with Crippen LogP contribution in [0, 0.1) is 6.92 Å². The third-order valence-corrected chi connectivity index (χ3v) is 6.22. The number of aliphatic hydroxyl groups is 1. The van der Waals surface area contributed by atoms with Crippen LogP contribution in [-0.4, -0.2) is 53.0 Å². The number of likely N-dealkylation sites (N-methyl/N-ethyl adjacent to an activating group) is 1. The Kier molecular flexibility index (Phi) is 7.94. The summed E-state index contributed by atoms with van der Waals surface area (Å²) in [6.07, 6.45) is 7.95. The van der Waals surface area contributed by atoms with Crippen LogP contribution in [0.3, 0.4) is 0 Å². The summed E-state index contributed by atoms with van der Waals surface area (Å²) in [4.78, 5) is 30.2. The molecule has 0 spiro atoms. The zero-order valence-electron chi connectivity index (χ0n) is 20.2. The van der Waals surface area contributed by atoms with Gasteiger partial charge in [-0.1, -0.05) is 18.2 Å². The molecule has 1 fully saturated rings. The molecule has 184 valence electrons. The molecule has 2 aliphatic rings. The number of carbonyl (C=O) groups excluding carboxylic acids is 2. The molecule has 4 heterocycles. The topological polar surface area (TPSA) is 108 Å². The van der Waals surface area contributed by atoms with Crippen molar-refractivity contribution in [1.82, 2.24) is 15.2 Å². The number of nitrogens with zero attached hydrogens (tertiary/aromatic N) is 2. The summed E-state index contributed by atoms with van der Waals surface area (Å²) in [5.74, 6) is 1.35. The number of fused-ring (bicyclic) bond motifs is 2. The number of β-amino-alcohol motifs (C(OH)–C–C–N with tert-alkyl or cyclic N) is 1.